The summed E-state index contributed by atoms with van der Waals surface area (Å²) in [5, 5.41) is 5.18. The van der Waals surface area contributed by atoms with Crippen molar-refractivity contribution < 1.29 is 0 Å². The monoisotopic (exact) mass is 247 g/mol. The SMILES string of the molecule is CC1CSC(c2c(Cl)cccc2Cl)N1. The molecule has 0 aromatic heterocycles. The van der Waals surface area contributed by atoms with Gasteiger partial charge in [-0.1, -0.05) is 29.3 Å². The van der Waals surface area contributed by atoms with E-state index < -0.39 is 0 Å². The van der Waals surface area contributed by atoms with Gasteiger partial charge in [0.1, 0.15) is 0 Å². The van der Waals surface area contributed by atoms with E-state index in [9.17, 15) is 0 Å². The summed E-state index contributed by atoms with van der Waals surface area (Å²) in [6, 6.07) is 6.16. The first-order chi connectivity index (χ1) is 6.68. The molecule has 2 rings (SSSR count). The van der Waals surface area contributed by atoms with Crippen LogP contribution >= 0.6 is 35.0 Å². The van der Waals surface area contributed by atoms with Crippen LogP contribution in [0.1, 0.15) is 17.9 Å². The van der Waals surface area contributed by atoms with Gasteiger partial charge in [-0.25, -0.2) is 0 Å². The zero-order valence-electron chi connectivity index (χ0n) is 7.76. The molecular formula is C10H11Cl2NS. The molecule has 1 saturated heterocycles. The lowest BCUT2D eigenvalue weighted by Gasteiger charge is -2.14. The molecule has 0 amide bonds. The summed E-state index contributed by atoms with van der Waals surface area (Å²) in [5.74, 6) is 1.10. The molecule has 0 saturated carbocycles. The van der Waals surface area contributed by atoms with Gasteiger partial charge in [-0.2, -0.15) is 0 Å². The molecule has 1 N–H and O–H groups in total. The topological polar surface area (TPSA) is 12.0 Å². The van der Waals surface area contributed by atoms with Gasteiger partial charge in [0.05, 0.1) is 5.37 Å². The number of hydrogen-bond acceptors (Lipinski definition) is 2. The van der Waals surface area contributed by atoms with Crippen molar-refractivity contribution in [3.05, 3.63) is 33.8 Å². The summed E-state index contributed by atoms with van der Waals surface area (Å²) in [6.45, 7) is 2.16. The van der Waals surface area contributed by atoms with E-state index in [1.807, 2.05) is 30.0 Å². The highest BCUT2D eigenvalue weighted by atomic mass is 35.5. The fraction of sp³-hybridized carbons (Fsp3) is 0.400. The van der Waals surface area contributed by atoms with E-state index in [0.29, 0.717) is 6.04 Å². The molecule has 0 aliphatic carbocycles. The highest BCUT2D eigenvalue weighted by Gasteiger charge is 2.25. The third-order valence-electron chi connectivity index (χ3n) is 2.21. The standard InChI is InChI=1S/C10H11Cl2NS/c1-6-5-14-10(13-6)9-7(11)3-2-4-8(9)12/h2-4,6,10,13H,5H2,1H3. The highest BCUT2D eigenvalue weighted by molar-refractivity contribution is 7.99. The number of nitrogens with one attached hydrogen (secondary N) is 1. The summed E-state index contributed by atoms with van der Waals surface area (Å²) in [5.41, 5.74) is 1.02. The number of benzene rings is 1. The first-order valence-corrected chi connectivity index (χ1v) is 6.30. The van der Waals surface area contributed by atoms with Crippen LogP contribution in [0.2, 0.25) is 10.0 Å². The van der Waals surface area contributed by atoms with E-state index in [1.54, 1.807) is 0 Å². The second-order valence-electron chi connectivity index (χ2n) is 3.42. The van der Waals surface area contributed by atoms with Crippen LogP contribution in [0.3, 0.4) is 0 Å². The molecule has 1 heterocycles. The summed E-state index contributed by atoms with van der Waals surface area (Å²) < 4.78 is 0. The van der Waals surface area contributed by atoms with Crippen LogP contribution in [0.5, 0.6) is 0 Å². The smallest absolute Gasteiger partial charge is 0.0821 e. The lowest BCUT2D eigenvalue weighted by Crippen LogP contribution is -2.22. The molecule has 2 atom stereocenters. The van der Waals surface area contributed by atoms with Gasteiger partial charge in [0.2, 0.25) is 0 Å². The molecule has 76 valence electrons. The molecule has 0 bridgehead atoms. The molecular weight excluding hydrogens is 237 g/mol. The molecule has 0 radical (unpaired) electrons. The average molecular weight is 248 g/mol. The molecule has 14 heavy (non-hydrogen) atoms. The minimum absolute atomic E-state index is 0.242. The first kappa shape index (κ1) is 10.6. The molecule has 0 spiro atoms. The predicted molar refractivity (Wildman–Crippen MR) is 64.3 cm³/mol. The zero-order chi connectivity index (χ0) is 10.1. The van der Waals surface area contributed by atoms with Crippen molar-refractivity contribution in [2.45, 2.75) is 18.3 Å². The van der Waals surface area contributed by atoms with Crippen LogP contribution in [-0.4, -0.2) is 11.8 Å². The van der Waals surface area contributed by atoms with Crippen molar-refractivity contribution in [2.75, 3.05) is 5.75 Å². The Labute approximate surface area is 98.2 Å². The molecule has 2 unspecified atom stereocenters. The van der Waals surface area contributed by atoms with E-state index >= 15 is 0 Å². The highest BCUT2D eigenvalue weighted by Crippen LogP contribution is 2.39. The van der Waals surface area contributed by atoms with Gasteiger partial charge in [0, 0.05) is 27.4 Å². The molecule has 1 aromatic carbocycles. The Balaban J connectivity index is 2.31. The Kier molecular flexibility index (Phi) is 3.27. The summed E-state index contributed by atoms with van der Waals surface area (Å²) in [7, 11) is 0. The molecule has 1 aliphatic heterocycles. The molecule has 1 aliphatic rings. The number of halogens is 2. The molecule has 1 fully saturated rings. The molecule has 1 aromatic rings. The van der Waals surface area contributed by atoms with E-state index in [2.05, 4.69) is 12.2 Å². The van der Waals surface area contributed by atoms with Gasteiger partial charge >= 0.3 is 0 Å². The summed E-state index contributed by atoms with van der Waals surface area (Å²) >= 11 is 14.1. The minimum atomic E-state index is 0.242. The first-order valence-electron chi connectivity index (χ1n) is 4.50. The number of thioether (sulfide) groups is 1. The Morgan fingerprint density at radius 3 is 2.50 bits per heavy atom. The van der Waals surface area contributed by atoms with Crippen molar-refractivity contribution in [1.82, 2.24) is 5.32 Å². The van der Waals surface area contributed by atoms with Crippen LogP contribution in [-0.2, 0) is 0 Å². The van der Waals surface area contributed by atoms with Gasteiger partial charge in [-0.3, -0.25) is 5.32 Å². The third kappa shape index (κ3) is 2.03. The molecule has 1 nitrogen and oxygen atoms in total. The van der Waals surface area contributed by atoms with Gasteiger partial charge in [0.25, 0.3) is 0 Å². The second kappa shape index (κ2) is 4.31. The van der Waals surface area contributed by atoms with Crippen LogP contribution in [0.15, 0.2) is 18.2 Å². The van der Waals surface area contributed by atoms with Crippen LogP contribution in [0.4, 0.5) is 0 Å². The maximum atomic E-state index is 6.12. The minimum Gasteiger partial charge on any atom is -0.298 e. The summed E-state index contributed by atoms with van der Waals surface area (Å²) in [6.07, 6.45) is 0. The lowest BCUT2D eigenvalue weighted by atomic mass is 10.2. The van der Waals surface area contributed by atoms with Crippen molar-refractivity contribution >= 4 is 35.0 Å². The Bertz CT molecular complexity index is 323. The van der Waals surface area contributed by atoms with Gasteiger partial charge in [-0.05, 0) is 19.1 Å². The van der Waals surface area contributed by atoms with Crippen molar-refractivity contribution in [3.8, 4) is 0 Å². The predicted octanol–water partition coefficient (Wildman–Crippen LogP) is 3.72. The average Bonchev–Trinajstić information content (AvgIpc) is 2.51. The Morgan fingerprint density at radius 2 is 2.00 bits per heavy atom. The fourth-order valence-electron chi connectivity index (χ4n) is 1.52. The zero-order valence-corrected chi connectivity index (χ0v) is 10.1. The largest absolute Gasteiger partial charge is 0.298 e. The van der Waals surface area contributed by atoms with Crippen molar-refractivity contribution in [1.29, 1.82) is 0 Å². The third-order valence-corrected chi connectivity index (χ3v) is 4.27. The maximum Gasteiger partial charge on any atom is 0.0821 e. The van der Waals surface area contributed by atoms with E-state index in [1.165, 1.54) is 0 Å². The summed E-state index contributed by atoms with van der Waals surface area (Å²) in [4.78, 5) is 0. The van der Waals surface area contributed by atoms with Gasteiger partial charge in [0.15, 0.2) is 0 Å². The second-order valence-corrected chi connectivity index (χ2v) is 5.37. The van der Waals surface area contributed by atoms with Crippen LogP contribution < -0.4 is 5.32 Å². The van der Waals surface area contributed by atoms with E-state index in [4.69, 9.17) is 23.2 Å². The number of rotatable bonds is 1. The van der Waals surface area contributed by atoms with Gasteiger partial charge < -0.3 is 0 Å². The lowest BCUT2D eigenvalue weighted by molar-refractivity contribution is 0.618. The van der Waals surface area contributed by atoms with Crippen LogP contribution in [0.25, 0.3) is 0 Å². The van der Waals surface area contributed by atoms with Crippen LogP contribution in [0, 0.1) is 0 Å². The maximum absolute atomic E-state index is 6.12. The van der Waals surface area contributed by atoms with E-state index in [-0.39, 0.29) is 5.37 Å². The van der Waals surface area contributed by atoms with E-state index in [0.717, 1.165) is 21.4 Å². The normalized spacial score (nSPS) is 26.8. The molecule has 4 heteroatoms. The fourth-order valence-corrected chi connectivity index (χ4v) is 3.59. The van der Waals surface area contributed by atoms with Gasteiger partial charge in [-0.15, -0.1) is 11.8 Å². The number of hydrogen-bond donors (Lipinski definition) is 1. The quantitative estimate of drug-likeness (QED) is 0.812. The van der Waals surface area contributed by atoms with Crippen molar-refractivity contribution in [2.24, 2.45) is 0 Å². The Morgan fingerprint density at radius 1 is 1.36 bits per heavy atom. The van der Waals surface area contributed by atoms with Crippen molar-refractivity contribution in [3.63, 3.8) is 0 Å². The Hall–Kier alpha value is 0.110.